The lowest BCUT2D eigenvalue weighted by molar-refractivity contribution is -0.119. The Morgan fingerprint density at radius 2 is 2.18 bits per heavy atom. The first-order chi connectivity index (χ1) is 8.16. The molecule has 3 rings (SSSR count). The summed E-state index contributed by atoms with van der Waals surface area (Å²) in [4.78, 5) is 25.9. The second kappa shape index (κ2) is 3.48. The molecule has 5 heteroatoms. The number of amides is 2. The van der Waals surface area contributed by atoms with E-state index in [1.165, 1.54) is 0 Å². The molecule has 0 aliphatic carbocycles. The molecule has 2 heterocycles. The predicted molar refractivity (Wildman–Crippen MR) is 63.5 cm³/mol. The van der Waals surface area contributed by atoms with Gasteiger partial charge in [-0.2, -0.15) is 0 Å². The van der Waals surface area contributed by atoms with E-state index >= 15 is 0 Å². The van der Waals surface area contributed by atoms with Crippen LogP contribution in [-0.4, -0.2) is 29.3 Å². The SMILES string of the molecule is Nc1ccc2c(c1)NC(=O)C1CCCN1C2=O. The van der Waals surface area contributed by atoms with E-state index in [-0.39, 0.29) is 17.9 Å². The van der Waals surface area contributed by atoms with Gasteiger partial charge in [-0.15, -0.1) is 0 Å². The molecular formula is C12H13N3O2. The molecule has 1 unspecified atom stereocenters. The Labute approximate surface area is 98.6 Å². The van der Waals surface area contributed by atoms with E-state index in [0.717, 1.165) is 12.8 Å². The highest BCUT2D eigenvalue weighted by molar-refractivity contribution is 6.10. The van der Waals surface area contributed by atoms with Crippen LogP contribution in [0.5, 0.6) is 0 Å². The number of carbonyl (C=O) groups is 2. The zero-order valence-corrected chi connectivity index (χ0v) is 9.27. The summed E-state index contributed by atoms with van der Waals surface area (Å²) in [6.07, 6.45) is 1.62. The van der Waals surface area contributed by atoms with Crippen molar-refractivity contribution in [2.24, 2.45) is 0 Å². The van der Waals surface area contributed by atoms with Crippen molar-refractivity contribution in [2.75, 3.05) is 17.6 Å². The van der Waals surface area contributed by atoms with E-state index < -0.39 is 0 Å². The summed E-state index contributed by atoms with van der Waals surface area (Å²) < 4.78 is 0. The predicted octanol–water partition coefficient (Wildman–Crippen LogP) is 0.825. The zero-order chi connectivity index (χ0) is 12.0. The molecule has 1 fully saturated rings. The van der Waals surface area contributed by atoms with Crippen LogP contribution in [0.1, 0.15) is 23.2 Å². The summed E-state index contributed by atoms with van der Waals surface area (Å²) in [5.41, 5.74) is 7.25. The minimum absolute atomic E-state index is 0.0825. The first kappa shape index (κ1) is 10.1. The highest BCUT2D eigenvalue weighted by Crippen LogP contribution is 2.29. The molecule has 2 aliphatic rings. The van der Waals surface area contributed by atoms with E-state index in [1.54, 1.807) is 23.1 Å². The molecule has 17 heavy (non-hydrogen) atoms. The number of nitrogens with zero attached hydrogens (tertiary/aromatic N) is 1. The molecule has 2 amide bonds. The summed E-state index contributed by atoms with van der Waals surface area (Å²) >= 11 is 0. The minimum atomic E-state index is -0.323. The molecule has 2 aliphatic heterocycles. The van der Waals surface area contributed by atoms with Gasteiger partial charge in [0.2, 0.25) is 5.91 Å². The number of carbonyl (C=O) groups excluding carboxylic acids is 2. The molecule has 0 spiro atoms. The standard InChI is InChI=1S/C12H13N3O2/c13-7-3-4-8-9(6-7)14-11(16)10-2-1-5-15(10)12(8)17/h3-4,6,10H,1-2,5,13H2,(H,14,16). The maximum Gasteiger partial charge on any atom is 0.256 e. The fourth-order valence-corrected chi connectivity index (χ4v) is 2.50. The van der Waals surface area contributed by atoms with Crippen LogP contribution >= 0.6 is 0 Å². The molecule has 0 radical (unpaired) electrons. The maximum atomic E-state index is 12.3. The first-order valence-corrected chi connectivity index (χ1v) is 5.68. The normalized spacial score (nSPS) is 22.8. The van der Waals surface area contributed by atoms with Gasteiger partial charge in [0.25, 0.3) is 5.91 Å². The van der Waals surface area contributed by atoms with Crippen LogP contribution in [0.3, 0.4) is 0 Å². The third-order valence-corrected chi connectivity index (χ3v) is 3.35. The maximum absolute atomic E-state index is 12.3. The van der Waals surface area contributed by atoms with Gasteiger partial charge >= 0.3 is 0 Å². The average molecular weight is 231 g/mol. The van der Waals surface area contributed by atoms with Gasteiger partial charge in [0.1, 0.15) is 6.04 Å². The molecule has 1 aromatic rings. The van der Waals surface area contributed by atoms with Crippen LogP contribution in [0.4, 0.5) is 11.4 Å². The van der Waals surface area contributed by atoms with Gasteiger partial charge in [-0.3, -0.25) is 9.59 Å². The van der Waals surface area contributed by atoms with Crippen molar-refractivity contribution in [1.29, 1.82) is 0 Å². The summed E-state index contributed by atoms with van der Waals surface area (Å²) in [6, 6.07) is 4.66. The summed E-state index contributed by atoms with van der Waals surface area (Å²) in [6.45, 7) is 0.654. The molecule has 0 saturated carbocycles. The highest BCUT2D eigenvalue weighted by Gasteiger charge is 2.38. The van der Waals surface area contributed by atoms with E-state index in [4.69, 9.17) is 5.73 Å². The Kier molecular flexibility index (Phi) is 2.07. The highest BCUT2D eigenvalue weighted by atomic mass is 16.2. The van der Waals surface area contributed by atoms with Crippen molar-refractivity contribution in [1.82, 2.24) is 4.90 Å². The van der Waals surface area contributed by atoms with Crippen molar-refractivity contribution < 1.29 is 9.59 Å². The monoisotopic (exact) mass is 231 g/mol. The molecule has 3 N–H and O–H groups in total. The van der Waals surface area contributed by atoms with Crippen molar-refractivity contribution >= 4 is 23.2 Å². The van der Waals surface area contributed by atoms with Crippen LogP contribution in [0, 0.1) is 0 Å². The Bertz CT molecular complexity index is 512. The lowest BCUT2D eigenvalue weighted by Gasteiger charge is -2.19. The second-order valence-electron chi connectivity index (χ2n) is 4.45. The number of fused-ring (bicyclic) bond motifs is 2. The third kappa shape index (κ3) is 1.46. The minimum Gasteiger partial charge on any atom is -0.399 e. The van der Waals surface area contributed by atoms with Crippen molar-refractivity contribution in [3.05, 3.63) is 23.8 Å². The van der Waals surface area contributed by atoms with E-state index in [1.807, 2.05) is 0 Å². The lowest BCUT2D eigenvalue weighted by Crippen LogP contribution is -2.40. The number of anilines is 2. The van der Waals surface area contributed by atoms with Crippen molar-refractivity contribution in [2.45, 2.75) is 18.9 Å². The fourth-order valence-electron chi connectivity index (χ4n) is 2.50. The molecule has 88 valence electrons. The summed E-state index contributed by atoms with van der Waals surface area (Å²) in [5.74, 6) is -0.193. The van der Waals surface area contributed by atoms with Crippen LogP contribution in [0.15, 0.2) is 18.2 Å². The van der Waals surface area contributed by atoms with Gasteiger partial charge in [0.05, 0.1) is 11.3 Å². The van der Waals surface area contributed by atoms with Crippen LogP contribution < -0.4 is 11.1 Å². The van der Waals surface area contributed by atoms with Crippen molar-refractivity contribution in [3.8, 4) is 0 Å². The van der Waals surface area contributed by atoms with Gasteiger partial charge in [0, 0.05) is 12.2 Å². The number of nitrogens with one attached hydrogen (secondary N) is 1. The zero-order valence-electron chi connectivity index (χ0n) is 9.27. The molecular weight excluding hydrogens is 218 g/mol. The van der Waals surface area contributed by atoms with Gasteiger partial charge in [-0.25, -0.2) is 0 Å². The van der Waals surface area contributed by atoms with E-state index in [2.05, 4.69) is 5.32 Å². The topological polar surface area (TPSA) is 75.4 Å². The number of hydrogen-bond acceptors (Lipinski definition) is 3. The second-order valence-corrected chi connectivity index (χ2v) is 4.45. The average Bonchev–Trinajstić information content (AvgIpc) is 2.74. The largest absolute Gasteiger partial charge is 0.399 e. The third-order valence-electron chi connectivity index (χ3n) is 3.35. The lowest BCUT2D eigenvalue weighted by atomic mass is 10.1. The summed E-state index contributed by atoms with van der Waals surface area (Å²) in [5, 5.41) is 2.78. The number of nitrogen functional groups attached to an aromatic ring is 1. The number of hydrogen-bond donors (Lipinski definition) is 2. The first-order valence-electron chi connectivity index (χ1n) is 5.68. The Hall–Kier alpha value is -2.04. The molecule has 1 saturated heterocycles. The number of rotatable bonds is 0. The molecule has 0 aromatic heterocycles. The smallest absolute Gasteiger partial charge is 0.256 e. The molecule has 1 atom stereocenters. The molecule has 5 nitrogen and oxygen atoms in total. The van der Waals surface area contributed by atoms with Crippen LogP contribution in [0.25, 0.3) is 0 Å². The van der Waals surface area contributed by atoms with Gasteiger partial charge < -0.3 is 16.0 Å². The van der Waals surface area contributed by atoms with Crippen molar-refractivity contribution in [3.63, 3.8) is 0 Å². The van der Waals surface area contributed by atoms with Gasteiger partial charge in [-0.05, 0) is 31.0 Å². The van der Waals surface area contributed by atoms with Gasteiger partial charge in [-0.1, -0.05) is 0 Å². The van der Waals surface area contributed by atoms with Gasteiger partial charge in [0.15, 0.2) is 0 Å². The Morgan fingerprint density at radius 3 is 3.00 bits per heavy atom. The van der Waals surface area contributed by atoms with E-state index in [9.17, 15) is 9.59 Å². The van der Waals surface area contributed by atoms with E-state index in [0.29, 0.717) is 23.5 Å². The molecule has 1 aromatic carbocycles. The number of benzene rings is 1. The Balaban J connectivity index is 2.12. The quantitative estimate of drug-likeness (QED) is 0.649. The van der Waals surface area contributed by atoms with Crippen LogP contribution in [0.2, 0.25) is 0 Å². The Morgan fingerprint density at radius 1 is 1.35 bits per heavy atom. The van der Waals surface area contributed by atoms with Crippen LogP contribution in [-0.2, 0) is 4.79 Å². The number of nitrogens with two attached hydrogens (primary N) is 1. The molecule has 0 bridgehead atoms. The summed E-state index contributed by atoms with van der Waals surface area (Å²) in [7, 11) is 0. The fraction of sp³-hybridized carbons (Fsp3) is 0.333.